The number of aromatic nitrogens is 2. The summed E-state index contributed by atoms with van der Waals surface area (Å²) in [7, 11) is 1.59. The van der Waals surface area contributed by atoms with Crippen LogP contribution >= 0.6 is 11.6 Å². The maximum Gasteiger partial charge on any atom is 0.233 e. The van der Waals surface area contributed by atoms with E-state index in [2.05, 4.69) is 15.5 Å². The SMILES string of the molecule is CN(Cc1ccn[nH]1)C(=O)CC(=O)Nc1ccc(F)c(Cl)c1. The van der Waals surface area contributed by atoms with Gasteiger partial charge in [0.2, 0.25) is 11.8 Å². The smallest absolute Gasteiger partial charge is 0.233 e. The summed E-state index contributed by atoms with van der Waals surface area (Å²) in [5.74, 6) is -1.42. The molecule has 0 aliphatic heterocycles. The highest BCUT2D eigenvalue weighted by Gasteiger charge is 2.15. The number of benzene rings is 1. The molecule has 6 nitrogen and oxygen atoms in total. The van der Waals surface area contributed by atoms with E-state index < -0.39 is 11.7 Å². The zero-order valence-corrected chi connectivity index (χ0v) is 12.5. The molecule has 0 saturated heterocycles. The number of hydrogen-bond acceptors (Lipinski definition) is 3. The van der Waals surface area contributed by atoms with Crippen LogP contribution in [0.3, 0.4) is 0 Å². The van der Waals surface area contributed by atoms with Crippen molar-refractivity contribution >= 4 is 29.1 Å². The molecule has 0 spiro atoms. The third-order valence-corrected chi connectivity index (χ3v) is 3.20. The Morgan fingerprint density at radius 1 is 1.41 bits per heavy atom. The summed E-state index contributed by atoms with van der Waals surface area (Å²) in [6, 6.07) is 5.54. The Kier molecular flexibility index (Phi) is 5.11. The lowest BCUT2D eigenvalue weighted by atomic mass is 10.2. The van der Waals surface area contributed by atoms with Crippen molar-refractivity contribution in [3.63, 3.8) is 0 Å². The molecule has 2 amide bonds. The van der Waals surface area contributed by atoms with Gasteiger partial charge in [-0.15, -0.1) is 0 Å². The van der Waals surface area contributed by atoms with Crippen LogP contribution in [0.4, 0.5) is 10.1 Å². The van der Waals surface area contributed by atoms with Gasteiger partial charge in [-0.25, -0.2) is 4.39 Å². The predicted octanol–water partition coefficient (Wildman–Crippen LogP) is 2.19. The summed E-state index contributed by atoms with van der Waals surface area (Å²) in [4.78, 5) is 25.2. The average Bonchev–Trinajstić information content (AvgIpc) is 2.95. The van der Waals surface area contributed by atoms with E-state index >= 15 is 0 Å². The maximum atomic E-state index is 13.0. The van der Waals surface area contributed by atoms with Gasteiger partial charge in [0.25, 0.3) is 0 Å². The fraction of sp³-hybridized carbons (Fsp3) is 0.214. The van der Waals surface area contributed by atoms with Gasteiger partial charge in [-0.1, -0.05) is 11.6 Å². The van der Waals surface area contributed by atoms with E-state index in [1.807, 2.05) is 0 Å². The van der Waals surface area contributed by atoms with E-state index in [4.69, 9.17) is 11.6 Å². The minimum Gasteiger partial charge on any atom is -0.339 e. The molecule has 2 aromatic rings. The fourth-order valence-corrected chi connectivity index (χ4v) is 1.95. The minimum absolute atomic E-state index is 0.0968. The van der Waals surface area contributed by atoms with Crippen molar-refractivity contribution in [1.29, 1.82) is 0 Å². The molecule has 2 N–H and O–H groups in total. The first-order valence-corrected chi connectivity index (χ1v) is 6.80. The number of aromatic amines is 1. The van der Waals surface area contributed by atoms with Crippen LogP contribution in [0.15, 0.2) is 30.5 Å². The van der Waals surface area contributed by atoms with Crippen molar-refractivity contribution in [3.8, 4) is 0 Å². The largest absolute Gasteiger partial charge is 0.339 e. The maximum absolute atomic E-state index is 13.0. The van der Waals surface area contributed by atoms with Gasteiger partial charge in [-0.2, -0.15) is 5.10 Å². The predicted molar refractivity (Wildman–Crippen MR) is 79.7 cm³/mol. The van der Waals surface area contributed by atoms with Gasteiger partial charge < -0.3 is 10.2 Å². The molecule has 22 heavy (non-hydrogen) atoms. The van der Waals surface area contributed by atoms with E-state index in [1.54, 1.807) is 19.3 Å². The molecular formula is C14H14ClFN4O2. The topological polar surface area (TPSA) is 78.1 Å². The number of halogens is 2. The molecule has 0 saturated carbocycles. The Balaban J connectivity index is 1.87. The molecule has 0 atom stereocenters. The van der Waals surface area contributed by atoms with Gasteiger partial charge in [0.05, 0.1) is 17.3 Å². The van der Waals surface area contributed by atoms with Crippen LogP contribution in [-0.2, 0) is 16.1 Å². The van der Waals surface area contributed by atoms with Crippen LogP contribution in [-0.4, -0.2) is 34.0 Å². The molecule has 8 heteroatoms. The average molecular weight is 325 g/mol. The van der Waals surface area contributed by atoms with Gasteiger partial charge >= 0.3 is 0 Å². The number of carbonyl (C=O) groups excluding carboxylic acids is 2. The first-order chi connectivity index (χ1) is 10.5. The lowest BCUT2D eigenvalue weighted by Crippen LogP contribution is -2.30. The molecule has 2 rings (SSSR count). The van der Waals surface area contributed by atoms with Gasteiger partial charge in [-0.3, -0.25) is 14.7 Å². The van der Waals surface area contributed by atoms with Crippen molar-refractivity contribution in [1.82, 2.24) is 15.1 Å². The Labute approximate surface area is 131 Å². The molecule has 0 aliphatic rings. The highest BCUT2D eigenvalue weighted by molar-refractivity contribution is 6.31. The second kappa shape index (κ2) is 7.04. The molecule has 0 radical (unpaired) electrons. The van der Waals surface area contributed by atoms with Gasteiger partial charge in [0, 0.05) is 18.9 Å². The number of H-pyrrole nitrogens is 1. The standard InChI is InChI=1S/C14H14ClFN4O2/c1-20(8-10-4-5-17-19-10)14(22)7-13(21)18-9-2-3-12(16)11(15)6-9/h2-6H,7-8H2,1H3,(H,17,19)(H,18,21). The summed E-state index contributed by atoms with van der Waals surface area (Å²) >= 11 is 5.62. The molecule has 116 valence electrons. The first kappa shape index (κ1) is 16.0. The monoisotopic (exact) mass is 324 g/mol. The molecule has 1 heterocycles. The van der Waals surface area contributed by atoms with E-state index in [9.17, 15) is 14.0 Å². The number of nitrogens with one attached hydrogen (secondary N) is 2. The zero-order valence-electron chi connectivity index (χ0n) is 11.8. The Morgan fingerprint density at radius 2 is 2.18 bits per heavy atom. The number of anilines is 1. The Bertz CT molecular complexity index is 675. The molecule has 1 aromatic carbocycles. The first-order valence-electron chi connectivity index (χ1n) is 6.43. The van der Waals surface area contributed by atoms with Crippen molar-refractivity contribution in [2.45, 2.75) is 13.0 Å². The van der Waals surface area contributed by atoms with Crippen LogP contribution < -0.4 is 5.32 Å². The van der Waals surface area contributed by atoms with E-state index in [0.717, 1.165) is 11.8 Å². The Morgan fingerprint density at radius 3 is 2.82 bits per heavy atom. The van der Waals surface area contributed by atoms with Gasteiger partial charge in [-0.05, 0) is 24.3 Å². The molecule has 1 aromatic heterocycles. The molecule has 0 bridgehead atoms. The van der Waals surface area contributed by atoms with Crippen LogP contribution in [0.5, 0.6) is 0 Å². The highest BCUT2D eigenvalue weighted by Crippen LogP contribution is 2.19. The van der Waals surface area contributed by atoms with Crippen LogP contribution in [0.1, 0.15) is 12.1 Å². The summed E-state index contributed by atoms with van der Waals surface area (Å²) < 4.78 is 13.0. The second-order valence-electron chi connectivity index (χ2n) is 4.69. The summed E-state index contributed by atoms with van der Waals surface area (Å²) in [6.07, 6.45) is 1.26. The fourth-order valence-electron chi connectivity index (χ4n) is 1.77. The Hall–Kier alpha value is -2.41. The number of rotatable bonds is 5. The summed E-state index contributed by atoms with van der Waals surface area (Å²) in [5, 5.41) is 8.91. The molecule has 0 aliphatic carbocycles. The third kappa shape index (κ3) is 4.29. The third-order valence-electron chi connectivity index (χ3n) is 2.91. The minimum atomic E-state index is -0.574. The molecule has 0 unspecified atom stereocenters. The number of carbonyl (C=O) groups is 2. The number of amides is 2. The molecule has 0 fully saturated rings. The van der Waals surface area contributed by atoms with E-state index in [-0.39, 0.29) is 17.4 Å². The normalized spacial score (nSPS) is 10.3. The summed E-state index contributed by atoms with van der Waals surface area (Å²) in [6.45, 7) is 0.328. The summed E-state index contributed by atoms with van der Waals surface area (Å²) in [5.41, 5.74) is 1.10. The van der Waals surface area contributed by atoms with Crippen molar-refractivity contribution in [2.24, 2.45) is 0 Å². The molecular weight excluding hydrogens is 311 g/mol. The quantitative estimate of drug-likeness (QED) is 0.828. The van der Waals surface area contributed by atoms with Gasteiger partial charge in [0.1, 0.15) is 12.2 Å². The highest BCUT2D eigenvalue weighted by atomic mass is 35.5. The zero-order chi connectivity index (χ0) is 16.1. The van der Waals surface area contributed by atoms with E-state index in [1.165, 1.54) is 17.0 Å². The van der Waals surface area contributed by atoms with Crippen LogP contribution in [0.2, 0.25) is 5.02 Å². The van der Waals surface area contributed by atoms with Crippen molar-refractivity contribution < 1.29 is 14.0 Å². The van der Waals surface area contributed by atoms with Crippen LogP contribution in [0.25, 0.3) is 0 Å². The lowest BCUT2D eigenvalue weighted by Gasteiger charge is -2.16. The van der Waals surface area contributed by atoms with E-state index in [0.29, 0.717) is 12.2 Å². The van der Waals surface area contributed by atoms with Crippen molar-refractivity contribution in [2.75, 3.05) is 12.4 Å². The van der Waals surface area contributed by atoms with Gasteiger partial charge in [0.15, 0.2) is 0 Å². The number of hydrogen-bond donors (Lipinski definition) is 2. The second-order valence-corrected chi connectivity index (χ2v) is 5.09. The van der Waals surface area contributed by atoms with Crippen LogP contribution in [0, 0.1) is 5.82 Å². The number of nitrogens with zero attached hydrogens (tertiary/aromatic N) is 2. The van der Waals surface area contributed by atoms with Crippen molar-refractivity contribution in [3.05, 3.63) is 47.0 Å². The lowest BCUT2D eigenvalue weighted by molar-refractivity contribution is -0.134.